The largest absolute Gasteiger partial charge is 0.419 e. The van der Waals surface area contributed by atoms with E-state index in [9.17, 15) is 18.0 Å². The van der Waals surface area contributed by atoms with Gasteiger partial charge in [0.1, 0.15) is 0 Å². The number of hydrogen-bond acceptors (Lipinski definition) is 7. The fourth-order valence-electron chi connectivity index (χ4n) is 5.04. The summed E-state index contributed by atoms with van der Waals surface area (Å²) in [4.78, 5) is 16.9. The number of alkyl halides is 3. The molecule has 0 aliphatic carbocycles. The first-order chi connectivity index (χ1) is 19.7. The molecule has 0 unspecified atom stereocenters. The number of rotatable bonds is 7. The number of piperidine rings is 1. The van der Waals surface area contributed by atoms with Crippen LogP contribution in [0, 0.1) is 19.7 Å². The highest BCUT2D eigenvalue weighted by atomic mass is 19.4. The second-order valence-electron chi connectivity index (χ2n) is 10.8. The summed E-state index contributed by atoms with van der Waals surface area (Å²) in [5.41, 5.74) is 7.64. The minimum atomic E-state index is -4.95. The van der Waals surface area contributed by atoms with Crippen molar-refractivity contribution in [2.75, 3.05) is 42.4 Å². The van der Waals surface area contributed by atoms with Gasteiger partial charge in [0.25, 0.3) is 5.91 Å². The van der Waals surface area contributed by atoms with Crippen LogP contribution in [0.1, 0.15) is 45.6 Å². The maximum atomic E-state index is 15.2. The van der Waals surface area contributed by atoms with Gasteiger partial charge in [0, 0.05) is 54.9 Å². The van der Waals surface area contributed by atoms with Crippen LogP contribution < -0.4 is 26.8 Å². The standard InChI is InChI=1S/C29H36F4N8O/c1-17-6-7-19(12-25(17)41(35)16-24(34)22-15-36-39(5)18(22)2)28(42)37-20-13-23(29(31,32)33)27(30)26(14-20)40-10-8-21(9-11-40)38(3)4/h6-7,12-16,21H,8-11,34-35H2,1-5H3,(H,37,42)/b24-16-. The lowest BCUT2D eigenvalue weighted by molar-refractivity contribution is -0.139. The molecule has 1 aliphatic rings. The molecule has 1 aliphatic heterocycles. The van der Waals surface area contributed by atoms with Crippen molar-refractivity contribution in [2.45, 2.75) is 38.9 Å². The maximum absolute atomic E-state index is 15.2. The number of aromatic nitrogens is 2. The number of carbonyl (C=O) groups excluding carboxylic acids is 1. The van der Waals surface area contributed by atoms with Crippen LogP contribution in [-0.2, 0) is 13.2 Å². The SMILES string of the molecule is Cc1ccc(C(=O)Nc2cc(N3CCC(N(C)C)CC3)c(F)c(C(F)(F)F)c2)cc1N(N)/C=C(\N)c1cnn(C)c1C. The second kappa shape index (κ2) is 12.0. The number of halogens is 4. The molecule has 226 valence electrons. The van der Waals surface area contributed by atoms with Gasteiger partial charge >= 0.3 is 6.18 Å². The molecule has 9 nitrogen and oxygen atoms in total. The Morgan fingerprint density at radius 3 is 2.38 bits per heavy atom. The minimum absolute atomic E-state index is 0.141. The highest BCUT2D eigenvalue weighted by molar-refractivity contribution is 6.05. The molecule has 3 aromatic rings. The zero-order valence-corrected chi connectivity index (χ0v) is 24.3. The van der Waals surface area contributed by atoms with Gasteiger partial charge in [-0.15, -0.1) is 0 Å². The van der Waals surface area contributed by atoms with Gasteiger partial charge in [-0.2, -0.15) is 18.3 Å². The minimum Gasteiger partial charge on any atom is -0.397 e. The summed E-state index contributed by atoms with van der Waals surface area (Å²) in [5.74, 6) is 4.24. The maximum Gasteiger partial charge on any atom is 0.419 e. The number of aryl methyl sites for hydroxylation is 2. The molecule has 1 saturated heterocycles. The van der Waals surface area contributed by atoms with Crippen molar-refractivity contribution >= 4 is 28.7 Å². The molecule has 2 heterocycles. The molecule has 42 heavy (non-hydrogen) atoms. The Hall–Kier alpha value is -4.10. The Morgan fingerprint density at radius 2 is 1.81 bits per heavy atom. The topological polar surface area (TPSA) is 109 Å². The number of nitrogens with zero attached hydrogens (tertiary/aromatic N) is 5. The molecule has 13 heteroatoms. The van der Waals surface area contributed by atoms with E-state index in [1.807, 2.05) is 25.9 Å². The lowest BCUT2D eigenvalue weighted by atomic mass is 10.0. The van der Waals surface area contributed by atoms with Crippen LogP contribution in [0.15, 0.2) is 42.7 Å². The van der Waals surface area contributed by atoms with Gasteiger partial charge in [0.15, 0.2) is 5.82 Å². The Labute approximate surface area is 242 Å². The first-order valence-corrected chi connectivity index (χ1v) is 13.4. The summed E-state index contributed by atoms with van der Waals surface area (Å²) < 4.78 is 58.3. The van der Waals surface area contributed by atoms with Gasteiger partial charge in [0.2, 0.25) is 0 Å². The molecule has 2 aromatic carbocycles. The molecule has 1 aromatic heterocycles. The number of amides is 1. The third-order valence-corrected chi connectivity index (χ3v) is 7.73. The van der Waals surface area contributed by atoms with Gasteiger partial charge in [-0.3, -0.25) is 14.5 Å². The molecule has 0 radical (unpaired) electrons. The van der Waals surface area contributed by atoms with E-state index >= 15 is 4.39 Å². The van der Waals surface area contributed by atoms with Gasteiger partial charge < -0.3 is 20.9 Å². The Bertz CT molecular complexity index is 1490. The van der Waals surface area contributed by atoms with Crippen molar-refractivity contribution in [1.82, 2.24) is 14.7 Å². The first-order valence-electron chi connectivity index (χ1n) is 13.4. The van der Waals surface area contributed by atoms with Gasteiger partial charge in [-0.05, 0) is 70.6 Å². The summed E-state index contributed by atoms with van der Waals surface area (Å²) in [6.45, 7) is 4.42. The lowest BCUT2D eigenvalue weighted by Gasteiger charge is -2.37. The third kappa shape index (κ3) is 6.52. The quantitative estimate of drug-likeness (QED) is 0.210. The van der Waals surface area contributed by atoms with E-state index in [2.05, 4.69) is 10.4 Å². The molecule has 1 amide bonds. The van der Waals surface area contributed by atoms with Crippen molar-refractivity contribution in [3.05, 3.63) is 76.5 Å². The molecule has 0 atom stereocenters. The average Bonchev–Trinajstić information content (AvgIpc) is 3.26. The van der Waals surface area contributed by atoms with Crippen LogP contribution >= 0.6 is 0 Å². The van der Waals surface area contributed by atoms with Crippen molar-refractivity contribution < 1.29 is 22.4 Å². The van der Waals surface area contributed by atoms with Crippen molar-refractivity contribution in [1.29, 1.82) is 0 Å². The summed E-state index contributed by atoms with van der Waals surface area (Å²) in [7, 11) is 5.66. The fourth-order valence-corrected chi connectivity index (χ4v) is 5.04. The third-order valence-electron chi connectivity index (χ3n) is 7.73. The Balaban J connectivity index is 1.61. The first kappa shape index (κ1) is 30.8. The zero-order chi connectivity index (χ0) is 30.9. The molecule has 0 spiro atoms. The van der Waals surface area contributed by atoms with Gasteiger partial charge in [0.05, 0.1) is 28.8 Å². The number of hydrazine groups is 1. The number of nitrogens with one attached hydrogen (secondary N) is 1. The number of anilines is 3. The highest BCUT2D eigenvalue weighted by Crippen LogP contribution is 2.39. The van der Waals surface area contributed by atoms with E-state index in [0.717, 1.165) is 11.3 Å². The molecule has 1 fully saturated rings. The van der Waals surface area contributed by atoms with Gasteiger partial charge in [-0.25, -0.2) is 10.2 Å². The van der Waals surface area contributed by atoms with E-state index in [1.54, 1.807) is 35.8 Å². The van der Waals surface area contributed by atoms with Crippen molar-refractivity contribution in [3.63, 3.8) is 0 Å². The zero-order valence-electron chi connectivity index (χ0n) is 24.3. The predicted molar refractivity (Wildman–Crippen MR) is 156 cm³/mol. The van der Waals surface area contributed by atoms with E-state index in [1.165, 1.54) is 29.4 Å². The Morgan fingerprint density at radius 1 is 1.14 bits per heavy atom. The molecule has 0 saturated carbocycles. The summed E-state index contributed by atoms with van der Waals surface area (Å²) in [5, 5.41) is 7.95. The summed E-state index contributed by atoms with van der Waals surface area (Å²) >= 11 is 0. The van der Waals surface area contributed by atoms with Crippen LogP contribution in [0.2, 0.25) is 0 Å². The summed E-state index contributed by atoms with van der Waals surface area (Å²) in [6.07, 6.45) is -0.494. The van der Waals surface area contributed by atoms with Crippen LogP contribution in [0.5, 0.6) is 0 Å². The predicted octanol–water partition coefficient (Wildman–Crippen LogP) is 4.61. The van der Waals surface area contributed by atoms with E-state index < -0.39 is 23.5 Å². The van der Waals surface area contributed by atoms with Crippen molar-refractivity contribution in [2.24, 2.45) is 18.6 Å². The molecule has 5 N–H and O–H groups in total. The van der Waals surface area contributed by atoms with E-state index in [0.29, 0.717) is 48.9 Å². The normalized spacial score (nSPS) is 14.9. The van der Waals surface area contributed by atoms with Gasteiger partial charge in [-0.1, -0.05) is 6.07 Å². The average molecular weight is 589 g/mol. The molecular formula is C29H36F4N8O. The number of hydrogen-bond donors (Lipinski definition) is 3. The summed E-state index contributed by atoms with van der Waals surface area (Å²) in [6, 6.07) is 6.82. The van der Waals surface area contributed by atoms with Crippen LogP contribution in [0.25, 0.3) is 5.70 Å². The molecule has 4 rings (SSSR count). The molecule has 0 bridgehead atoms. The van der Waals surface area contributed by atoms with Crippen molar-refractivity contribution in [3.8, 4) is 0 Å². The number of carbonyl (C=O) groups is 1. The monoisotopic (exact) mass is 588 g/mol. The molecular weight excluding hydrogens is 552 g/mol. The smallest absolute Gasteiger partial charge is 0.397 e. The fraction of sp³-hybridized carbons (Fsp3) is 0.379. The number of benzene rings is 2. The lowest BCUT2D eigenvalue weighted by Crippen LogP contribution is -2.42. The number of nitrogens with two attached hydrogens (primary N) is 2. The second-order valence-corrected chi connectivity index (χ2v) is 10.8. The van der Waals surface area contributed by atoms with Crippen LogP contribution in [0.3, 0.4) is 0 Å². The van der Waals surface area contributed by atoms with E-state index in [-0.39, 0.29) is 23.0 Å². The van der Waals surface area contributed by atoms with Crippen LogP contribution in [0.4, 0.5) is 34.6 Å². The van der Waals surface area contributed by atoms with Crippen LogP contribution in [-0.4, -0.2) is 53.8 Å². The highest BCUT2D eigenvalue weighted by Gasteiger charge is 2.37. The Kier molecular flexibility index (Phi) is 8.83. The van der Waals surface area contributed by atoms with E-state index in [4.69, 9.17) is 11.6 Å².